The second-order valence-electron chi connectivity index (χ2n) is 5.24. The van der Waals surface area contributed by atoms with Crippen LogP contribution in [0.15, 0.2) is 51.8 Å². The minimum Gasteiger partial charge on any atom is -0.419 e. The van der Waals surface area contributed by atoms with Crippen molar-refractivity contribution >= 4 is 21.6 Å². The maximum atomic E-state index is 13.1. The van der Waals surface area contributed by atoms with E-state index >= 15 is 0 Å². The summed E-state index contributed by atoms with van der Waals surface area (Å²) in [5.41, 5.74) is 0.972. The van der Waals surface area contributed by atoms with Gasteiger partial charge in [-0.3, -0.25) is 0 Å². The molecule has 2 aromatic carbocycles. The molecule has 0 saturated heterocycles. The van der Waals surface area contributed by atoms with Gasteiger partial charge in [0, 0.05) is 10.6 Å². The molecule has 6 nitrogen and oxygen atoms in total. The second kappa shape index (κ2) is 6.91. The topological polar surface area (TPSA) is 85.1 Å². The van der Waals surface area contributed by atoms with E-state index in [2.05, 4.69) is 14.9 Å². The van der Waals surface area contributed by atoms with E-state index < -0.39 is 15.8 Å². The number of nitrogens with one attached hydrogen (secondary N) is 1. The quantitative estimate of drug-likeness (QED) is 0.732. The molecular formula is C16H13ClFN3O3S. The van der Waals surface area contributed by atoms with Gasteiger partial charge in [0.25, 0.3) is 0 Å². The Morgan fingerprint density at radius 2 is 1.88 bits per heavy atom. The molecule has 1 aromatic heterocycles. The van der Waals surface area contributed by atoms with Crippen molar-refractivity contribution in [3.8, 4) is 11.5 Å². The van der Waals surface area contributed by atoms with Gasteiger partial charge in [0.05, 0.1) is 11.4 Å². The van der Waals surface area contributed by atoms with Crippen molar-refractivity contribution in [3.63, 3.8) is 0 Å². The number of benzene rings is 2. The first-order chi connectivity index (χ1) is 11.8. The first kappa shape index (κ1) is 17.5. The Morgan fingerprint density at radius 3 is 2.56 bits per heavy atom. The van der Waals surface area contributed by atoms with E-state index in [0.717, 1.165) is 12.1 Å². The molecule has 3 rings (SSSR count). The van der Waals surface area contributed by atoms with Crippen LogP contribution in [0.1, 0.15) is 11.5 Å². The first-order valence-corrected chi connectivity index (χ1v) is 9.05. The van der Waals surface area contributed by atoms with Crippen LogP contribution >= 0.6 is 11.6 Å². The van der Waals surface area contributed by atoms with Crippen LogP contribution in [0.3, 0.4) is 0 Å². The zero-order valence-corrected chi connectivity index (χ0v) is 14.6. The SMILES string of the molecule is Cc1cc(F)ccc1S(=O)(=O)NCc1nnc(-c2ccc(Cl)cc2)o1. The number of sulfonamides is 1. The van der Waals surface area contributed by atoms with Crippen molar-refractivity contribution in [2.45, 2.75) is 18.4 Å². The van der Waals surface area contributed by atoms with E-state index in [1.165, 1.54) is 13.0 Å². The Hall–Kier alpha value is -2.29. The molecule has 0 aliphatic rings. The average molecular weight is 382 g/mol. The second-order valence-corrected chi connectivity index (χ2v) is 7.41. The van der Waals surface area contributed by atoms with Gasteiger partial charge in [-0.25, -0.2) is 17.5 Å². The summed E-state index contributed by atoms with van der Waals surface area (Å²) in [5.74, 6) is -0.141. The van der Waals surface area contributed by atoms with Gasteiger partial charge < -0.3 is 4.42 Å². The molecular weight excluding hydrogens is 369 g/mol. The lowest BCUT2D eigenvalue weighted by Crippen LogP contribution is -2.24. The van der Waals surface area contributed by atoms with Crippen molar-refractivity contribution in [1.82, 2.24) is 14.9 Å². The monoisotopic (exact) mass is 381 g/mol. The van der Waals surface area contributed by atoms with Gasteiger partial charge in [0.1, 0.15) is 5.82 Å². The molecule has 0 atom stereocenters. The summed E-state index contributed by atoms with van der Waals surface area (Å²) in [6, 6.07) is 10.2. The normalized spacial score (nSPS) is 11.6. The number of aromatic nitrogens is 2. The Kier molecular flexibility index (Phi) is 4.85. The highest BCUT2D eigenvalue weighted by molar-refractivity contribution is 7.89. The lowest BCUT2D eigenvalue weighted by Gasteiger charge is -2.07. The molecule has 0 saturated carbocycles. The number of hydrogen-bond donors (Lipinski definition) is 1. The first-order valence-electron chi connectivity index (χ1n) is 7.19. The van der Waals surface area contributed by atoms with Crippen LogP contribution in [0, 0.1) is 12.7 Å². The Morgan fingerprint density at radius 1 is 1.16 bits per heavy atom. The lowest BCUT2D eigenvalue weighted by molar-refractivity contribution is 0.494. The highest BCUT2D eigenvalue weighted by atomic mass is 35.5. The molecule has 0 aliphatic carbocycles. The van der Waals surface area contributed by atoms with Crippen LogP contribution < -0.4 is 4.72 Å². The fourth-order valence-corrected chi connectivity index (χ4v) is 3.51. The number of nitrogens with zero attached hydrogens (tertiary/aromatic N) is 2. The lowest BCUT2D eigenvalue weighted by atomic mass is 10.2. The van der Waals surface area contributed by atoms with E-state index in [0.29, 0.717) is 16.1 Å². The third-order valence-corrected chi connectivity index (χ3v) is 5.21. The summed E-state index contributed by atoms with van der Waals surface area (Å²) in [6.07, 6.45) is 0. The standard InChI is InChI=1S/C16H13ClFN3O3S/c1-10-8-13(18)6-7-14(10)25(22,23)19-9-15-20-21-16(24-15)11-2-4-12(17)5-3-11/h2-8,19H,9H2,1H3. The fraction of sp³-hybridized carbons (Fsp3) is 0.125. The minimum atomic E-state index is -3.83. The van der Waals surface area contributed by atoms with Crippen molar-refractivity contribution in [2.24, 2.45) is 0 Å². The van der Waals surface area contributed by atoms with Gasteiger partial charge in [-0.15, -0.1) is 10.2 Å². The minimum absolute atomic E-state index is 0.00802. The summed E-state index contributed by atoms with van der Waals surface area (Å²) < 4.78 is 45.5. The zero-order chi connectivity index (χ0) is 18.0. The highest BCUT2D eigenvalue weighted by Gasteiger charge is 2.18. The molecule has 0 spiro atoms. The molecule has 25 heavy (non-hydrogen) atoms. The van der Waals surface area contributed by atoms with Crippen LogP contribution in [0.25, 0.3) is 11.5 Å². The van der Waals surface area contributed by atoms with Gasteiger partial charge in [-0.2, -0.15) is 0 Å². The molecule has 1 N–H and O–H groups in total. The Labute approximate surface area is 148 Å². The third kappa shape index (κ3) is 4.04. The van der Waals surface area contributed by atoms with Gasteiger partial charge in [-0.1, -0.05) is 11.6 Å². The molecule has 3 aromatic rings. The van der Waals surface area contributed by atoms with E-state index in [-0.39, 0.29) is 23.2 Å². The Balaban J connectivity index is 1.74. The van der Waals surface area contributed by atoms with Crippen molar-refractivity contribution in [1.29, 1.82) is 0 Å². The van der Waals surface area contributed by atoms with Crippen LogP contribution in [0.2, 0.25) is 5.02 Å². The largest absolute Gasteiger partial charge is 0.419 e. The number of hydrogen-bond acceptors (Lipinski definition) is 5. The predicted octanol–water partition coefficient (Wildman–Crippen LogP) is 3.32. The Bertz CT molecular complexity index is 1000. The van der Waals surface area contributed by atoms with Crippen LogP contribution in [-0.2, 0) is 16.6 Å². The number of rotatable bonds is 5. The van der Waals surface area contributed by atoms with E-state index in [4.69, 9.17) is 16.0 Å². The van der Waals surface area contributed by atoms with Crippen LogP contribution in [0.4, 0.5) is 4.39 Å². The van der Waals surface area contributed by atoms with Gasteiger partial charge in [0.2, 0.25) is 21.8 Å². The van der Waals surface area contributed by atoms with E-state index in [1.807, 2.05) is 0 Å². The van der Waals surface area contributed by atoms with E-state index in [1.54, 1.807) is 24.3 Å². The van der Waals surface area contributed by atoms with Crippen molar-refractivity contribution < 1.29 is 17.2 Å². The summed E-state index contributed by atoms with van der Waals surface area (Å²) in [6.45, 7) is 1.34. The average Bonchev–Trinajstić information content (AvgIpc) is 3.02. The maximum absolute atomic E-state index is 13.1. The summed E-state index contributed by atoms with van der Waals surface area (Å²) in [7, 11) is -3.83. The van der Waals surface area contributed by atoms with Gasteiger partial charge in [0.15, 0.2) is 0 Å². The summed E-state index contributed by atoms with van der Waals surface area (Å²) in [4.78, 5) is -0.00802. The molecule has 0 fully saturated rings. The third-order valence-electron chi connectivity index (χ3n) is 3.40. The van der Waals surface area contributed by atoms with E-state index in [9.17, 15) is 12.8 Å². The van der Waals surface area contributed by atoms with Crippen LogP contribution in [-0.4, -0.2) is 18.6 Å². The molecule has 130 valence electrons. The number of aryl methyl sites for hydroxylation is 1. The summed E-state index contributed by atoms with van der Waals surface area (Å²) in [5, 5.41) is 8.26. The van der Waals surface area contributed by atoms with Crippen molar-refractivity contribution in [3.05, 3.63) is 64.8 Å². The summed E-state index contributed by atoms with van der Waals surface area (Å²) >= 11 is 5.82. The molecule has 0 radical (unpaired) electrons. The fourth-order valence-electron chi connectivity index (χ4n) is 2.18. The molecule has 0 aliphatic heterocycles. The number of halogens is 2. The molecule has 9 heteroatoms. The van der Waals surface area contributed by atoms with Gasteiger partial charge in [-0.05, 0) is 55.0 Å². The highest BCUT2D eigenvalue weighted by Crippen LogP contribution is 2.21. The maximum Gasteiger partial charge on any atom is 0.247 e. The molecule has 0 amide bonds. The predicted molar refractivity (Wildman–Crippen MR) is 89.9 cm³/mol. The molecule has 0 bridgehead atoms. The van der Waals surface area contributed by atoms with Crippen molar-refractivity contribution in [2.75, 3.05) is 0 Å². The molecule has 1 heterocycles. The van der Waals surface area contributed by atoms with Crippen LogP contribution in [0.5, 0.6) is 0 Å². The smallest absolute Gasteiger partial charge is 0.247 e. The van der Waals surface area contributed by atoms with Gasteiger partial charge >= 0.3 is 0 Å². The molecule has 0 unspecified atom stereocenters. The zero-order valence-electron chi connectivity index (χ0n) is 13.0.